The van der Waals surface area contributed by atoms with Gasteiger partial charge in [0.1, 0.15) is 0 Å². The predicted octanol–water partition coefficient (Wildman–Crippen LogP) is 3.56. The summed E-state index contributed by atoms with van der Waals surface area (Å²) in [6.45, 7) is 13.1. The van der Waals surface area contributed by atoms with E-state index in [1.165, 1.54) is 50.9 Å². The van der Waals surface area contributed by atoms with Crippen molar-refractivity contribution in [2.45, 2.75) is 46.0 Å². The third kappa shape index (κ3) is 9.39. The highest BCUT2D eigenvalue weighted by atomic mass is 15.1. The summed E-state index contributed by atoms with van der Waals surface area (Å²) in [6, 6.07) is 10.8. The molecule has 1 saturated heterocycles. The van der Waals surface area contributed by atoms with Crippen molar-refractivity contribution in [1.29, 1.82) is 0 Å². The van der Waals surface area contributed by atoms with Crippen LogP contribution >= 0.6 is 0 Å². The number of nitrogens with zero attached hydrogens (tertiary/aromatic N) is 1. The van der Waals surface area contributed by atoms with Crippen LogP contribution in [-0.4, -0.2) is 50.7 Å². The Labute approximate surface area is 155 Å². The molecule has 0 bridgehead atoms. The lowest BCUT2D eigenvalue weighted by Crippen LogP contribution is -2.37. The zero-order valence-corrected chi connectivity index (χ0v) is 16.5. The van der Waals surface area contributed by atoms with Gasteiger partial charge >= 0.3 is 0 Å². The standard InChI is InChI=1S/C22H39N3/c1-20(18-23-12-11-22-9-5-3-6-10-22)17-21(2)19-24-13-16-25-14-7-4-8-15-25/h3,5-6,9-10,20-21,23-24H,4,7-8,11-19H2,1-2H3. The maximum Gasteiger partial charge on any atom is 0.0107 e. The van der Waals surface area contributed by atoms with E-state index in [1.807, 2.05) is 0 Å². The minimum absolute atomic E-state index is 0.745. The van der Waals surface area contributed by atoms with E-state index in [1.54, 1.807) is 0 Å². The van der Waals surface area contributed by atoms with Crippen LogP contribution in [0, 0.1) is 11.8 Å². The molecule has 1 heterocycles. The summed E-state index contributed by atoms with van der Waals surface area (Å²) in [5.74, 6) is 1.50. The molecule has 1 aromatic carbocycles. The van der Waals surface area contributed by atoms with E-state index in [4.69, 9.17) is 0 Å². The fourth-order valence-electron chi connectivity index (χ4n) is 3.85. The lowest BCUT2D eigenvalue weighted by atomic mass is 9.97. The summed E-state index contributed by atoms with van der Waals surface area (Å²) in [4.78, 5) is 2.61. The fourth-order valence-corrected chi connectivity index (χ4v) is 3.85. The zero-order chi connectivity index (χ0) is 17.7. The van der Waals surface area contributed by atoms with Gasteiger partial charge in [0, 0.05) is 13.1 Å². The first kappa shape index (κ1) is 20.4. The van der Waals surface area contributed by atoms with Crippen molar-refractivity contribution in [2.24, 2.45) is 11.8 Å². The average Bonchev–Trinajstić information content (AvgIpc) is 2.64. The molecule has 1 aliphatic heterocycles. The highest BCUT2D eigenvalue weighted by Crippen LogP contribution is 2.11. The molecule has 1 aromatic rings. The summed E-state index contributed by atoms with van der Waals surface area (Å²) in [7, 11) is 0. The molecule has 1 fully saturated rings. The molecule has 2 N–H and O–H groups in total. The van der Waals surface area contributed by atoms with Gasteiger partial charge in [-0.1, -0.05) is 50.6 Å². The molecule has 3 heteroatoms. The van der Waals surface area contributed by atoms with Crippen LogP contribution in [-0.2, 0) is 6.42 Å². The minimum atomic E-state index is 0.745. The van der Waals surface area contributed by atoms with Gasteiger partial charge in [0.15, 0.2) is 0 Å². The monoisotopic (exact) mass is 345 g/mol. The molecule has 0 amide bonds. The highest BCUT2D eigenvalue weighted by Gasteiger charge is 2.11. The van der Waals surface area contributed by atoms with Crippen molar-refractivity contribution in [1.82, 2.24) is 15.5 Å². The van der Waals surface area contributed by atoms with Gasteiger partial charge in [0.25, 0.3) is 0 Å². The number of nitrogens with one attached hydrogen (secondary N) is 2. The quantitative estimate of drug-likeness (QED) is 0.567. The molecule has 2 atom stereocenters. The van der Waals surface area contributed by atoms with Crippen LogP contribution in [0.1, 0.15) is 45.1 Å². The van der Waals surface area contributed by atoms with Crippen molar-refractivity contribution in [3.05, 3.63) is 35.9 Å². The van der Waals surface area contributed by atoms with Crippen molar-refractivity contribution < 1.29 is 0 Å². The third-order valence-electron chi connectivity index (χ3n) is 5.28. The largest absolute Gasteiger partial charge is 0.316 e. The summed E-state index contributed by atoms with van der Waals surface area (Å²) in [5.41, 5.74) is 1.42. The van der Waals surface area contributed by atoms with Crippen LogP contribution in [0.25, 0.3) is 0 Å². The Bertz CT molecular complexity index is 428. The van der Waals surface area contributed by atoms with E-state index in [-0.39, 0.29) is 0 Å². The molecule has 0 aliphatic carbocycles. The Morgan fingerprint density at radius 3 is 2.20 bits per heavy atom. The van der Waals surface area contributed by atoms with E-state index in [9.17, 15) is 0 Å². The van der Waals surface area contributed by atoms with Gasteiger partial charge in [-0.25, -0.2) is 0 Å². The predicted molar refractivity (Wildman–Crippen MR) is 109 cm³/mol. The molecule has 2 rings (SSSR count). The molecule has 3 nitrogen and oxygen atoms in total. The summed E-state index contributed by atoms with van der Waals surface area (Å²) >= 11 is 0. The van der Waals surface area contributed by atoms with Crippen molar-refractivity contribution >= 4 is 0 Å². The number of likely N-dealkylation sites (tertiary alicyclic amines) is 1. The number of piperidine rings is 1. The molecule has 0 radical (unpaired) electrons. The Hall–Kier alpha value is -0.900. The third-order valence-corrected chi connectivity index (χ3v) is 5.28. The molecular formula is C22H39N3. The highest BCUT2D eigenvalue weighted by molar-refractivity contribution is 5.14. The van der Waals surface area contributed by atoms with E-state index < -0.39 is 0 Å². The lowest BCUT2D eigenvalue weighted by molar-refractivity contribution is 0.227. The van der Waals surface area contributed by atoms with Gasteiger partial charge in [-0.05, 0) is 75.8 Å². The summed E-state index contributed by atoms with van der Waals surface area (Å²) < 4.78 is 0. The first-order valence-corrected chi connectivity index (χ1v) is 10.4. The average molecular weight is 346 g/mol. The minimum Gasteiger partial charge on any atom is -0.316 e. The van der Waals surface area contributed by atoms with E-state index in [0.717, 1.165) is 44.4 Å². The number of hydrogen-bond donors (Lipinski definition) is 2. The first-order chi connectivity index (χ1) is 12.2. The SMILES string of the molecule is CC(CNCCc1ccccc1)CC(C)CNCCN1CCCCC1. The van der Waals surface area contributed by atoms with Gasteiger partial charge in [0.2, 0.25) is 0 Å². The summed E-state index contributed by atoms with van der Waals surface area (Å²) in [6.07, 6.45) is 6.64. The first-order valence-electron chi connectivity index (χ1n) is 10.4. The lowest BCUT2D eigenvalue weighted by Gasteiger charge is -2.26. The number of benzene rings is 1. The molecule has 1 aliphatic rings. The fraction of sp³-hybridized carbons (Fsp3) is 0.727. The maximum absolute atomic E-state index is 3.66. The van der Waals surface area contributed by atoms with Crippen LogP contribution in [0.4, 0.5) is 0 Å². The number of rotatable bonds is 12. The maximum atomic E-state index is 3.66. The Balaban J connectivity index is 1.44. The zero-order valence-electron chi connectivity index (χ0n) is 16.5. The van der Waals surface area contributed by atoms with Crippen LogP contribution in [0.15, 0.2) is 30.3 Å². The van der Waals surface area contributed by atoms with Gasteiger partial charge in [0.05, 0.1) is 0 Å². The molecule has 0 spiro atoms. The van der Waals surface area contributed by atoms with Gasteiger partial charge in [-0.15, -0.1) is 0 Å². The Kier molecular flexibility index (Phi) is 10.2. The topological polar surface area (TPSA) is 27.3 Å². The number of hydrogen-bond acceptors (Lipinski definition) is 3. The van der Waals surface area contributed by atoms with Crippen LogP contribution in [0.5, 0.6) is 0 Å². The van der Waals surface area contributed by atoms with E-state index in [2.05, 4.69) is 59.7 Å². The Morgan fingerprint density at radius 2 is 1.52 bits per heavy atom. The van der Waals surface area contributed by atoms with Crippen LogP contribution in [0.3, 0.4) is 0 Å². The van der Waals surface area contributed by atoms with Crippen molar-refractivity contribution in [3.8, 4) is 0 Å². The van der Waals surface area contributed by atoms with E-state index in [0.29, 0.717) is 0 Å². The van der Waals surface area contributed by atoms with Crippen LogP contribution < -0.4 is 10.6 Å². The Morgan fingerprint density at radius 1 is 0.880 bits per heavy atom. The molecule has 142 valence electrons. The molecule has 0 aromatic heterocycles. The van der Waals surface area contributed by atoms with Gasteiger partial charge in [-0.3, -0.25) is 0 Å². The van der Waals surface area contributed by atoms with Crippen molar-refractivity contribution in [3.63, 3.8) is 0 Å². The molecular weight excluding hydrogens is 306 g/mol. The second kappa shape index (κ2) is 12.5. The van der Waals surface area contributed by atoms with Gasteiger partial charge in [-0.2, -0.15) is 0 Å². The smallest absolute Gasteiger partial charge is 0.0107 e. The second-order valence-electron chi connectivity index (χ2n) is 7.99. The van der Waals surface area contributed by atoms with Crippen molar-refractivity contribution in [2.75, 3.05) is 45.8 Å². The van der Waals surface area contributed by atoms with Gasteiger partial charge < -0.3 is 15.5 Å². The van der Waals surface area contributed by atoms with E-state index >= 15 is 0 Å². The normalized spacial score (nSPS) is 18.2. The molecule has 0 saturated carbocycles. The molecule has 25 heavy (non-hydrogen) atoms. The molecule has 2 unspecified atom stereocenters. The summed E-state index contributed by atoms with van der Waals surface area (Å²) in [5, 5.41) is 7.29. The second-order valence-corrected chi connectivity index (χ2v) is 7.99. The van der Waals surface area contributed by atoms with Crippen LogP contribution in [0.2, 0.25) is 0 Å².